The van der Waals surface area contributed by atoms with Crippen molar-refractivity contribution in [2.75, 3.05) is 32.1 Å². The van der Waals surface area contributed by atoms with Crippen molar-refractivity contribution in [2.45, 2.75) is 33.6 Å². The highest BCUT2D eigenvalue weighted by Crippen LogP contribution is 2.36. The number of unbranched alkanes of at least 4 members (excludes halogenated alkanes) is 1. The molecule has 1 aromatic heterocycles. The van der Waals surface area contributed by atoms with Crippen molar-refractivity contribution in [2.24, 2.45) is 0 Å². The number of esters is 1. The van der Waals surface area contributed by atoms with E-state index >= 15 is 0 Å². The van der Waals surface area contributed by atoms with Gasteiger partial charge in [-0.3, -0.25) is 4.79 Å². The van der Waals surface area contributed by atoms with Crippen LogP contribution in [0.2, 0.25) is 0 Å². The van der Waals surface area contributed by atoms with E-state index in [1.165, 1.54) is 11.3 Å². The van der Waals surface area contributed by atoms with Crippen LogP contribution >= 0.6 is 11.3 Å². The predicted octanol–water partition coefficient (Wildman–Crippen LogP) is 3.15. The Morgan fingerprint density at radius 1 is 1.19 bits per heavy atom. The van der Waals surface area contributed by atoms with Crippen LogP contribution in [0, 0.1) is 6.92 Å². The van der Waals surface area contributed by atoms with E-state index in [0.29, 0.717) is 23.7 Å². The molecule has 1 amide bonds. The number of thiophene rings is 1. The number of benzene rings is 1. The van der Waals surface area contributed by atoms with Gasteiger partial charge in [0, 0.05) is 10.9 Å². The lowest BCUT2D eigenvalue weighted by Gasteiger charge is -2.13. The lowest BCUT2D eigenvalue weighted by atomic mass is 10.0. The maximum Gasteiger partial charge on any atom is 0.341 e. The number of ether oxygens (including phenoxy) is 1. The lowest BCUT2D eigenvalue weighted by Crippen LogP contribution is -3.10. The first-order valence-corrected chi connectivity index (χ1v) is 10.3. The van der Waals surface area contributed by atoms with Crippen LogP contribution in [0.3, 0.4) is 0 Å². The fourth-order valence-corrected chi connectivity index (χ4v) is 3.79. The minimum Gasteiger partial charge on any atom is -0.462 e. The average molecular weight is 390 g/mol. The molecule has 1 heterocycles. The molecule has 27 heavy (non-hydrogen) atoms. The van der Waals surface area contributed by atoms with Crippen molar-refractivity contribution < 1.29 is 19.2 Å². The first-order valence-electron chi connectivity index (χ1n) is 9.43. The minimum absolute atomic E-state index is 0.0912. The molecule has 0 aliphatic heterocycles. The van der Waals surface area contributed by atoms with Gasteiger partial charge in [-0.05, 0) is 25.8 Å². The van der Waals surface area contributed by atoms with Crippen molar-refractivity contribution in [1.82, 2.24) is 0 Å². The maximum absolute atomic E-state index is 12.6. The molecule has 2 rings (SSSR count). The van der Waals surface area contributed by atoms with Gasteiger partial charge in [0.05, 0.1) is 20.2 Å². The third kappa shape index (κ3) is 5.91. The fraction of sp³-hybridized carbons (Fsp3) is 0.429. The summed E-state index contributed by atoms with van der Waals surface area (Å²) in [6, 6.07) is 7.97. The van der Waals surface area contributed by atoms with Gasteiger partial charge >= 0.3 is 5.97 Å². The number of nitrogens with one attached hydrogen (secondary N) is 2. The number of carbonyl (C=O) groups excluding carboxylic acids is 2. The molecule has 0 saturated heterocycles. The van der Waals surface area contributed by atoms with Crippen LogP contribution in [0.15, 0.2) is 29.6 Å². The Kier molecular flexibility index (Phi) is 8.00. The largest absolute Gasteiger partial charge is 0.462 e. The van der Waals surface area contributed by atoms with Crippen molar-refractivity contribution in [3.05, 3.63) is 40.8 Å². The Hall–Kier alpha value is -2.18. The van der Waals surface area contributed by atoms with E-state index in [1.807, 2.05) is 43.6 Å². The smallest absolute Gasteiger partial charge is 0.341 e. The van der Waals surface area contributed by atoms with Gasteiger partial charge in [0.1, 0.15) is 10.6 Å². The van der Waals surface area contributed by atoms with Crippen LogP contribution in [0.4, 0.5) is 5.00 Å². The van der Waals surface area contributed by atoms with E-state index in [9.17, 15) is 9.59 Å². The number of quaternary nitrogens is 1. The quantitative estimate of drug-likeness (QED) is 0.648. The van der Waals surface area contributed by atoms with Gasteiger partial charge in [0.25, 0.3) is 5.91 Å². The molecule has 2 aromatic rings. The SMILES string of the molecule is CCCC[NH+](C)CC(=O)Nc1scc(-c2ccc(C)cc2)c1C(=O)OCC. The first kappa shape index (κ1) is 21.1. The van der Waals surface area contributed by atoms with E-state index in [0.717, 1.165) is 41.0 Å². The third-order valence-corrected chi connectivity index (χ3v) is 5.20. The van der Waals surface area contributed by atoms with Crippen molar-refractivity contribution in [3.63, 3.8) is 0 Å². The molecule has 6 heteroatoms. The molecule has 1 aromatic carbocycles. The van der Waals surface area contributed by atoms with Gasteiger partial charge in [-0.25, -0.2) is 4.79 Å². The van der Waals surface area contributed by atoms with Crippen LogP contribution < -0.4 is 10.2 Å². The normalized spacial score (nSPS) is 11.9. The molecular weight excluding hydrogens is 360 g/mol. The summed E-state index contributed by atoms with van der Waals surface area (Å²) >= 11 is 1.36. The summed E-state index contributed by atoms with van der Waals surface area (Å²) in [7, 11) is 2.01. The summed E-state index contributed by atoms with van der Waals surface area (Å²) in [5, 5.41) is 5.37. The molecular formula is C21H29N2O3S+. The van der Waals surface area contributed by atoms with E-state index in [1.54, 1.807) is 6.92 Å². The maximum atomic E-state index is 12.6. The van der Waals surface area contributed by atoms with Gasteiger partial charge < -0.3 is 15.0 Å². The van der Waals surface area contributed by atoms with Crippen LogP contribution in [0.1, 0.15) is 42.6 Å². The highest BCUT2D eigenvalue weighted by atomic mass is 32.1. The molecule has 0 aliphatic carbocycles. The molecule has 2 N–H and O–H groups in total. The van der Waals surface area contributed by atoms with E-state index in [-0.39, 0.29) is 5.91 Å². The molecule has 146 valence electrons. The zero-order valence-electron chi connectivity index (χ0n) is 16.6. The summed E-state index contributed by atoms with van der Waals surface area (Å²) in [4.78, 5) is 26.1. The topological polar surface area (TPSA) is 59.8 Å². The highest BCUT2D eigenvalue weighted by Gasteiger charge is 2.23. The van der Waals surface area contributed by atoms with Crippen LogP contribution in [0.5, 0.6) is 0 Å². The molecule has 0 spiro atoms. The summed E-state index contributed by atoms with van der Waals surface area (Å²) < 4.78 is 5.24. The van der Waals surface area contributed by atoms with E-state index < -0.39 is 5.97 Å². The zero-order chi connectivity index (χ0) is 19.8. The van der Waals surface area contributed by atoms with Crippen LogP contribution in [0.25, 0.3) is 11.1 Å². The zero-order valence-corrected chi connectivity index (χ0v) is 17.4. The number of likely N-dealkylation sites (N-methyl/N-ethyl adjacent to an activating group) is 1. The molecule has 1 unspecified atom stereocenters. The Morgan fingerprint density at radius 3 is 2.52 bits per heavy atom. The van der Waals surface area contributed by atoms with Gasteiger partial charge in [-0.1, -0.05) is 43.2 Å². The molecule has 5 nitrogen and oxygen atoms in total. The third-order valence-electron chi connectivity index (χ3n) is 4.31. The Balaban J connectivity index is 2.24. The fourth-order valence-electron chi connectivity index (χ4n) is 2.81. The van der Waals surface area contributed by atoms with E-state index in [4.69, 9.17) is 4.74 Å². The van der Waals surface area contributed by atoms with Crippen molar-refractivity contribution in [3.8, 4) is 11.1 Å². The van der Waals surface area contributed by atoms with Gasteiger partial charge in [0.2, 0.25) is 0 Å². The molecule has 0 aliphatic rings. The summed E-state index contributed by atoms with van der Waals surface area (Å²) in [6.45, 7) is 7.55. The monoisotopic (exact) mass is 389 g/mol. The molecule has 0 bridgehead atoms. The summed E-state index contributed by atoms with van der Waals surface area (Å²) in [5.41, 5.74) is 3.31. The lowest BCUT2D eigenvalue weighted by molar-refractivity contribution is -0.871. The number of amides is 1. The number of carbonyl (C=O) groups is 2. The first-order chi connectivity index (χ1) is 13.0. The standard InChI is InChI=1S/C21H28N2O3S/c1-5-7-12-23(4)13-18(24)22-20-19(21(25)26-6-2)17(14-27-20)16-10-8-15(3)9-11-16/h8-11,14H,5-7,12-13H2,1-4H3,(H,22,24)/p+1. The minimum atomic E-state index is -0.406. The number of aryl methyl sites for hydroxylation is 1. The van der Waals surface area contributed by atoms with Gasteiger partial charge in [0.15, 0.2) is 6.54 Å². The highest BCUT2D eigenvalue weighted by molar-refractivity contribution is 7.15. The Bertz CT molecular complexity index is 768. The predicted molar refractivity (Wildman–Crippen MR) is 111 cm³/mol. The van der Waals surface area contributed by atoms with E-state index in [2.05, 4.69) is 12.2 Å². The number of hydrogen-bond acceptors (Lipinski definition) is 4. The van der Waals surface area contributed by atoms with Crippen molar-refractivity contribution >= 4 is 28.2 Å². The summed E-state index contributed by atoms with van der Waals surface area (Å²) in [6.07, 6.45) is 2.20. The second-order valence-electron chi connectivity index (χ2n) is 6.73. The molecule has 0 radical (unpaired) electrons. The molecule has 0 saturated carbocycles. The number of rotatable bonds is 9. The average Bonchev–Trinajstić information content (AvgIpc) is 3.04. The second-order valence-corrected chi connectivity index (χ2v) is 7.61. The Labute approximate surface area is 165 Å². The molecule has 0 fully saturated rings. The van der Waals surface area contributed by atoms with Crippen LogP contribution in [-0.4, -0.2) is 38.6 Å². The number of hydrogen-bond donors (Lipinski definition) is 2. The summed E-state index contributed by atoms with van der Waals surface area (Å²) in [5.74, 6) is -0.497. The van der Waals surface area contributed by atoms with Crippen molar-refractivity contribution in [1.29, 1.82) is 0 Å². The number of anilines is 1. The van der Waals surface area contributed by atoms with Gasteiger partial charge in [-0.15, -0.1) is 11.3 Å². The van der Waals surface area contributed by atoms with Gasteiger partial charge in [-0.2, -0.15) is 0 Å². The second kappa shape index (κ2) is 10.2. The van der Waals surface area contributed by atoms with Crippen LogP contribution in [-0.2, 0) is 9.53 Å². The molecule has 1 atom stereocenters. The Morgan fingerprint density at radius 2 is 1.89 bits per heavy atom.